The Morgan fingerprint density at radius 2 is 1.22 bits per heavy atom. The maximum absolute atomic E-state index is 7.04. The van der Waals surface area contributed by atoms with E-state index in [-0.39, 0.29) is 23.4 Å². The lowest BCUT2D eigenvalue weighted by molar-refractivity contribution is -0.188. The molecule has 5 heteroatoms. The van der Waals surface area contributed by atoms with Crippen LogP contribution < -0.4 is 0 Å². The molecule has 2 aliphatic carbocycles. The average Bonchev–Trinajstić information content (AvgIpc) is 3.35. The van der Waals surface area contributed by atoms with Gasteiger partial charge in [0.05, 0.1) is 36.6 Å². The van der Waals surface area contributed by atoms with Gasteiger partial charge >= 0.3 is 0 Å². The van der Waals surface area contributed by atoms with Crippen LogP contribution in [0.4, 0.5) is 0 Å². The van der Waals surface area contributed by atoms with Crippen molar-refractivity contribution in [1.29, 1.82) is 0 Å². The van der Waals surface area contributed by atoms with Crippen molar-refractivity contribution in [1.82, 2.24) is 0 Å². The summed E-state index contributed by atoms with van der Waals surface area (Å²) in [6.45, 7) is 4.31. The summed E-state index contributed by atoms with van der Waals surface area (Å²) in [5.41, 5.74) is -0.307. The van der Waals surface area contributed by atoms with Gasteiger partial charge in [0.25, 0.3) is 0 Å². The number of ether oxygens (including phenoxy) is 5. The van der Waals surface area contributed by atoms with Crippen molar-refractivity contribution in [2.75, 3.05) is 0 Å². The zero-order valence-electron chi connectivity index (χ0n) is 13.9. The van der Waals surface area contributed by atoms with Gasteiger partial charge in [-0.1, -0.05) is 0 Å². The Morgan fingerprint density at radius 3 is 1.48 bits per heavy atom. The van der Waals surface area contributed by atoms with Gasteiger partial charge in [-0.25, -0.2) is 0 Å². The molecule has 0 bridgehead atoms. The topological polar surface area (TPSA) is 59.4 Å². The lowest BCUT2D eigenvalue weighted by Gasteiger charge is -2.41. The number of hydrogen-bond donors (Lipinski definition) is 0. The molecule has 0 aromatic rings. The van der Waals surface area contributed by atoms with Crippen molar-refractivity contribution in [2.24, 2.45) is 0 Å². The van der Waals surface area contributed by atoms with E-state index in [2.05, 4.69) is 13.8 Å². The molecule has 6 aliphatic rings. The summed E-state index contributed by atoms with van der Waals surface area (Å²) < 4.78 is 30.3. The van der Waals surface area contributed by atoms with E-state index >= 15 is 0 Å². The summed E-state index contributed by atoms with van der Waals surface area (Å²) in [4.78, 5) is 0. The lowest BCUT2D eigenvalue weighted by atomic mass is 9.88. The second-order valence-corrected chi connectivity index (χ2v) is 8.67. The standard InChI is InChI=1S/C18H26O5/c1-9-13(19-9)7-17(5-3-11-15(17)21-11)23-18(8-14-10(2)20-14)6-4-12-16(18)22-12/h9-16H,3-8H2,1-2H3. The number of epoxide rings is 4. The zero-order chi connectivity index (χ0) is 15.4. The third-order valence-electron chi connectivity index (χ3n) is 7.08. The van der Waals surface area contributed by atoms with Gasteiger partial charge in [-0.15, -0.1) is 0 Å². The molecule has 0 aromatic heterocycles. The molecule has 0 amide bonds. The minimum absolute atomic E-state index is 0.154. The predicted octanol–water partition coefficient (Wildman–Crippen LogP) is 1.96. The number of rotatable bonds is 6. The minimum atomic E-state index is -0.154. The highest BCUT2D eigenvalue weighted by molar-refractivity contribution is 5.18. The third-order valence-corrected chi connectivity index (χ3v) is 7.08. The summed E-state index contributed by atoms with van der Waals surface area (Å²) in [7, 11) is 0. The molecule has 6 rings (SSSR count). The molecule has 0 N–H and O–H groups in total. The molecular weight excluding hydrogens is 296 g/mol. The van der Waals surface area contributed by atoms with Gasteiger partial charge < -0.3 is 23.7 Å². The minimum Gasteiger partial charge on any atom is -0.370 e. The molecule has 23 heavy (non-hydrogen) atoms. The highest BCUT2D eigenvalue weighted by atomic mass is 16.7. The molecule has 10 unspecified atom stereocenters. The fourth-order valence-corrected chi connectivity index (χ4v) is 5.42. The fraction of sp³-hybridized carbons (Fsp3) is 1.00. The highest BCUT2D eigenvalue weighted by Gasteiger charge is 2.70. The van der Waals surface area contributed by atoms with Crippen LogP contribution in [-0.4, -0.2) is 60.0 Å². The largest absolute Gasteiger partial charge is 0.370 e. The Hall–Kier alpha value is -0.200. The van der Waals surface area contributed by atoms with E-state index in [1.807, 2.05) is 0 Å². The molecule has 128 valence electrons. The van der Waals surface area contributed by atoms with Crippen molar-refractivity contribution >= 4 is 0 Å². The molecule has 10 atom stereocenters. The van der Waals surface area contributed by atoms with Gasteiger partial charge in [-0.05, 0) is 39.5 Å². The van der Waals surface area contributed by atoms with Crippen molar-refractivity contribution in [2.45, 2.75) is 112 Å². The summed E-state index contributed by atoms with van der Waals surface area (Å²) in [5, 5.41) is 0. The Kier molecular flexibility index (Phi) is 2.62. The van der Waals surface area contributed by atoms with Crippen LogP contribution in [-0.2, 0) is 23.7 Å². The van der Waals surface area contributed by atoms with Gasteiger partial charge in [0.1, 0.15) is 23.4 Å². The van der Waals surface area contributed by atoms with Crippen LogP contribution in [0, 0.1) is 0 Å². The Morgan fingerprint density at radius 1 is 0.783 bits per heavy atom. The van der Waals surface area contributed by atoms with E-state index in [9.17, 15) is 0 Å². The van der Waals surface area contributed by atoms with Crippen LogP contribution in [0.5, 0.6) is 0 Å². The highest BCUT2D eigenvalue weighted by Crippen LogP contribution is 2.59. The second kappa shape index (κ2) is 4.31. The second-order valence-electron chi connectivity index (χ2n) is 8.67. The van der Waals surface area contributed by atoms with Crippen molar-refractivity contribution in [3.05, 3.63) is 0 Å². The van der Waals surface area contributed by atoms with Gasteiger partial charge in [0, 0.05) is 12.8 Å². The maximum atomic E-state index is 7.04. The van der Waals surface area contributed by atoms with Crippen LogP contribution in [0.15, 0.2) is 0 Å². The summed E-state index contributed by atoms with van der Waals surface area (Å²) in [5.74, 6) is 0. The van der Waals surface area contributed by atoms with Gasteiger partial charge in [-0.3, -0.25) is 0 Å². The van der Waals surface area contributed by atoms with Crippen LogP contribution in [0.3, 0.4) is 0 Å². The first-order valence-corrected chi connectivity index (χ1v) is 9.41. The third kappa shape index (κ3) is 2.10. The van der Waals surface area contributed by atoms with E-state index in [0.717, 1.165) is 38.5 Å². The fourth-order valence-electron chi connectivity index (χ4n) is 5.42. The molecule has 4 heterocycles. The predicted molar refractivity (Wildman–Crippen MR) is 80.2 cm³/mol. The smallest absolute Gasteiger partial charge is 0.113 e. The summed E-state index contributed by atoms with van der Waals surface area (Å²) in [6, 6.07) is 0. The Balaban J connectivity index is 1.27. The molecule has 6 fully saturated rings. The molecule has 4 aliphatic heterocycles. The van der Waals surface area contributed by atoms with E-state index in [4.69, 9.17) is 23.7 Å². The van der Waals surface area contributed by atoms with Gasteiger partial charge in [0.15, 0.2) is 0 Å². The molecular formula is C18H26O5. The first kappa shape index (κ1) is 14.0. The molecule has 0 aromatic carbocycles. The van der Waals surface area contributed by atoms with Crippen LogP contribution in [0.1, 0.15) is 52.4 Å². The molecule has 0 radical (unpaired) electrons. The lowest BCUT2D eigenvalue weighted by Crippen LogP contribution is -2.50. The van der Waals surface area contributed by atoms with E-state index in [0.29, 0.717) is 36.6 Å². The normalized spacial score (nSPS) is 64.4. The summed E-state index contributed by atoms with van der Waals surface area (Å²) >= 11 is 0. The van der Waals surface area contributed by atoms with Crippen LogP contribution in [0.2, 0.25) is 0 Å². The molecule has 0 spiro atoms. The first-order chi connectivity index (χ1) is 11.1. The van der Waals surface area contributed by atoms with E-state index < -0.39 is 0 Å². The van der Waals surface area contributed by atoms with Crippen molar-refractivity contribution in [3.8, 4) is 0 Å². The number of fused-ring (bicyclic) bond motifs is 2. The quantitative estimate of drug-likeness (QED) is 0.700. The van der Waals surface area contributed by atoms with E-state index in [1.165, 1.54) is 0 Å². The molecule has 2 saturated carbocycles. The van der Waals surface area contributed by atoms with Crippen molar-refractivity contribution in [3.63, 3.8) is 0 Å². The average molecular weight is 322 g/mol. The SMILES string of the molecule is CC1OC1CC1(OC2(CC3OC3C)CCC3OC32)CCC2OC21. The summed E-state index contributed by atoms with van der Waals surface area (Å²) in [6.07, 6.45) is 9.32. The number of hydrogen-bond acceptors (Lipinski definition) is 5. The monoisotopic (exact) mass is 322 g/mol. The maximum Gasteiger partial charge on any atom is 0.113 e. The molecule has 4 saturated heterocycles. The Labute approximate surface area is 136 Å². The van der Waals surface area contributed by atoms with Gasteiger partial charge in [0.2, 0.25) is 0 Å². The van der Waals surface area contributed by atoms with Crippen LogP contribution >= 0.6 is 0 Å². The van der Waals surface area contributed by atoms with Crippen molar-refractivity contribution < 1.29 is 23.7 Å². The Bertz CT molecular complexity index is 494. The van der Waals surface area contributed by atoms with Gasteiger partial charge in [-0.2, -0.15) is 0 Å². The molecule has 5 nitrogen and oxygen atoms in total. The first-order valence-electron chi connectivity index (χ1n) is 9.41. The van der Waals surface area contributed by atoms with E-state index in [1.54, 1.807) is 0 Å². The zero-order valence-corrected chi connectivity index (χ0v) is 13.9. The van der Waals surface area contributed by atoms with Crippen LogP contribution in [0.25, 0.3) is 0 Å².